The Labute approximate surface area is 268 Å². The summed E-state index contributed by atoms with van der Waals surface area (Å²) in [6.07, 6.45) is 23.9. The van der Waals surface area contributed by atoms with Gasteiger partial charge in [-0.1, -0.05) is 65.2 Å². The summed E-state index contributed by atoms with van der Waals surface area (Å²) in [4.78, 5) is 12.3. The van der Waals surface area contributed by atoms with Crippen LogP contribution >= 0.6 is 0 Å². The molecule has 2 atom stereocenters. The SMILES string of the molecule is CCCC1(CCCCCCOC(=C(C)C(=O)O)C23CC4CC(CC(OCCCCCCC5(CCC)COC5)(C4)C2)C3)COC1. The van der Waals surface area contributed by atoms with Crippen LogP contribution in [0.4, 0.5) is 0 Å². The van der Waals surface area contributed by atoms with E-state index in [9.17, 15) is 9.90 Å². The second-order valence-corrected chi connectivity index (χ2v) is 16.2. The molecule has 0 aromatic carbocycles. The Kier molecular flexibility index (Phi) is 11.8. The van der Waals surface area contributed by atoms with Crippen molar-refractivity contribution in [2.24, 2.45) is 28.1 Å². The number of carboxylic acid groups (broad SMARTS) is 1. The molecule has 2 heterocycles. The number of ether oxygens (including phenoxy) is 4. The quantitative estimate of drug-likeness (QED) is 0.0742. The van der Waals surface area contributed by atoms with Crippen LogP contribution in [0.15, 0.2) is 11.3 Å². The van der Waals surface area contributed by atoms with Gasteiger partial charge in [0.1, 0.15) is 5.76 Å². The molecule has 0 radical (unpaired) electrons. The van der Waals surface area contributed by atoms with E-state index in [4.69, 9.17) is 18.9 Å². The van der Waals surface area contributed by atoms with Crippen molar-refractivity contribution in [2.45, 2.75) is 155 Å². The Morgan fingerprint density at radius 1 is 0.727 bits per heavy atom. The minimum Gasteiger partial charge on any atom is -0.497 e. The standard InChI is InChI=1S/C38H64O6/c1-4-14-35(26-41-27-35)16-10-6-8-12-18-43-33(30(3)34(39)40)37-21-31-20-32(22-37)24-38(23-31,25-37)44-19-13-9-7-11-17-36(15-5-2)28-42-29-36/h31-32H,4-29H2,1-3H3,(H,39,40). The second kappa shape index (κ2) is 15.2. The van der Waals surface area contributed by atoms with E-state index < -0.39 is 5.97 Å². The third kappa shape index (κ3) is 8.05. The summed E-state index contributed by atoms with van der Waals surface area (Å²) in [7, 11) is 0. The van der Waals surface area contributed by atoms with Crippen molar-refractivity contribution in [2.75, 3.05) is 39.6 Å². The zero-order valence-corrected chi connectivity index (χ0v) is 28.5. The van der Waals surface area contributed by atoms with Crippen LogP contribution in [0.5, 0.6) is 0 Å². The zero-order valence-electron chi connectivity index (χ0n) is 28.5. The highest BCUT2D eigenvalue weighted by Gasteiger charge is 2.60. The van der Waals surface area contributed by atoms with Gasteiger partial charge in [-0.25, -0.2) is 4.79 Å². The first-order chi connectivity index (χ1) is 21.3. The topological polar surface area (TPSA) is 74.2 Å². The van der Waals surface area contributed by atoms with Gasteiger partial charge >= 0.3 is 5.97 Å². The minimum absolute atomic E-state index is 0.0917. The van der Waals surface area contributed by atoms with E-state index >= 15 is 0 Å². The predicted molar refractivity (Wildman–Crippen MR) is 175 cm³/mol. The fourth-order valence-corrected chi connectivity index (χ4v) is 10.4. The lowest BCUT2D eigenvalue weighted by atomic mass is 9.47. The summed E-state index contributed by atoms with van der Waals surface area (Å²) in [6, 6.07) is 0. The zero-order chi connectivity index (χ0) is 31.1. The van der Waals surface area contributed by atoms with Crippen LogP contribution in [0, 0.1) is 28.1 Å². The van der Waals surface area contributed by atoms with E-state index in [0.717, 1.165) is 90.2 Å². The molecule has 6 rings (SSSR count). The minimum atomic E-state index is -0.830. The fourth-order valence-electron chi connectivity index (χ4n) is 10.4. The smallest absolute Gasteiger partial charge is 0.334 e. The van der Waals surface area contributed by atoms with Gasteiger partial charge in [0.25, 0.3) is 0 Å². The van der Waals surface area contributed by atoms with E-state index in [0.29, 0.717) is 34.8 Å². The lowest BCUT2D eigenvalue weighted by molar-refractivity contribution is -0.193. The molecule has 4 aliphatic carbocycles. The molecule has 6 nitrogen and oxygen atoms in total. The van der Waals surface area contributed by atoms with Crippen LogP contribution < -0.4 is 0 Å². The molecular formula is C38H64O6. The molecule has 4 saturated carbocycles. The number of carboxylic acids is 1. The van der Waals surface area contributed by atoms with Crippen molar-refractivity contribution in [1.82, 2.24) is 0 Å². The molecule has 2 aliphatic heterocycles. The molecular weight excluding hydrogens is 552 g/mol. The molecule has 0 aromatic rings. The van der Waals surface area contributed by atoms with Gasteiger partial charge in [0, 0.05) is 22.9 Å². The van der Waals surface area contributed by atoms with Crippen molar-refractivity contribution >= 4 is 5.97 Å². The summed E-state index contributed by atoms with van der Waals surface area (Å²) < 4.78 is 24.5. The molecule has 2 saturated heterocycles. The fraction of sp³-hybridized carbons (Fsp3) is 0.921. The van der Waals surface area contributed by atoms with Crippen molar-refractivity contribution in [3.8, 4) is 0 Å². The Morgan fingerprint density at radius 2 is 1.25 bits per heavy atom. The van der Waals surface area contributed by atoms with Crippen molar-refractivity contribution in [3.05, 3.63) is 11.3 Å². The Hall–Kier alpha value is -1.11. The van der Waals surface area contributed by atoms with Crippen molar-refractivity contribution < 1.29 is 28.8 Å². The molecule has 4 bridgehead atoms. The molecule has 6 aliphatic rings. The van der Waals surface area contributed by atoms with Gasteiger partial charge in [-0.2, -0.15) is 0 Å². The Balaban J connectivity index is 1.08. The van der Waals surface area contributed by atoms with Crippen LogP contribution in [0.3, 0.4) is 0 Å². The molecule has 0 amide bonds. The van der Waals surface area contributed by atoms with Crippen LogP contribution in [-0.4, -0.2) is 56.3 Å². The van der Waals surface area contributed by atoms with Gasteiger partial charge < -0.3 is 24.1 Å². The molecule has 2 unspecified atom stereocenters. The Morgan fingerprint density at radius 3 is 1.73 bits per heavy atom. The number of hydrogen-bond donors (Lipinski definition) is 1. The molecule has 0 spiro atoms. The van der Waals surface area contributed by atoms with Gasteiger partial charge in [-0.05, 0) is 95.8 Å². The number of unbranched alkanes of at least 4 members (excludes halogenated alkanes) is 6. The average molecular weight is 617 g/mol. The van der Waals surface area contributed by atoms with E-state index in [1.807, 2.05) is 0 Å². The number of hydrogen-bond acceptors (Lipinski definition) is 5. The summed E-state index contributed by atoms with van der Waals surface area (Å²) in [5, 5.41) is 10.1. The first-order valence-corrected chi connectivity index (χ1v) is 18.6. The Bertz CT molecular complexity index is 948. The van der Waals surface area contributed by atoms with Crippen molar-refractivity contribution in [3.63, 3.8) is 0 Å². The van der Waals surface area contributed by atoms with E-state index in [1.165, 1.54) is 77.0 Å². The lowest BCUT2D eigenvalue weighted by Crippen LogP contribution is -2.57. The number of allylic oxidation sites excluding steroid dienone is 1. The predicted octanol–water partition coefficient (Wildman–Crippen LogP) is 9.25. The first kappa shape index (κ1) is 34.2. The van der Waals surface area contributed by atoms with E-state index in [-0.39, 0.29) is 11.0 Å². The second-order valence-electron chi connectivity index (χ2n) is 16.2. The number of aliphatic carboxylic acids is 1. The van der Waals surface area contributed by atoms with Crippen LogP contribution in [0.25, 0.3) is 0 Å². The van der Waals surface area contributed by atoms with Crippen LogP contribution in [-0.2, 0) is 23.7 Å². The monoisotopic (exact) mass is 616 g/mol. The highest BCUT2D eigenvalue weighted by molar-refractivity contribution is 5.86. The summed E-state index contributed by atoms with van der Waals surface area (Å²) in [6.45, 7) is 11.6. The highest BCUT2D eigenvalue weighted by atomic mass is 16.5. The van der Waals surface area contributed by atoms with E-state index in [2.05, 4.69) is 13.8 Å². The lowest BCUT2D eigenvalue weighted by Gasteiger charge is -2.62. The highest BCUT2D eigenvalue weighted by Crippen LogP contribution is 2.65. The van der Waals surface area contributed by atoms with Gasteiger partial charge in [-0.15, -0.1) is 0 Å². The van der Waals surface area contributed by atoms with E-state index in [1.54, 1.807) is 6.92 Å². The third-order valence-electron chi connectivity index (χ3n) is 12.2. The average Bonchev–Trinajstić information content (AvgIpc) is 2.94. The van der Waals surface area contributed by atoms with Crippen LogP contribution in [0.1, 0.15) is 149 Å². The first-order valence-electron chi connectivity index (χ1n) is 18.6. The van der Waals surface area contributed by atoms with Crippen molar-refractivity contribution in [1.29, 1.82) is 0 Å². The van der Waals surface area contributed by atoms with Gasteiger partial charge in [-0.3, -0.25) is 0 Å². The molecule has 6 heteroatoms. The molecule has 1 N–H and O–H groups in total. The summed E-state index contributed by atoms with van der Waals surface area (Å²) >= 11 is 0. The largest absolute Gasteiger partial charge is 0.497 e. The van der Waals surface area contributed by atoms with Gasteiger partial charge in [0.2, 0.25) is 0 Å². The summed E-state index contributed by atoms with van der Waals surface area (Å²) in [5.41, 5.74) is 1.09. The molecule has 6 fully saturated rings. The molecule has 44 heavy (non-hydrogen) atoms. The molecule has 0 aromatic heterocycles. The summed E-state index contributed by atoms with van der Waals surface area (Å²) in [5.74, 6) is 1.22. The number of rotatable bonds is 22. The maximum atomic E-state index is 12.3. The van der Waals surface area contributed by atoms with Crippen LogP contribution in [0.2, 0.25) is 0 Å². The van der Waals surface area contributed by atoms with Gasteiger partial charge in [0.15, 0.2) is 0 Å². The maximum absolute atomic E-state index is 12.3. The normalized spacial score (nSPS) is 31.7. The number of carbonyl (C=O) groups is 1. The maximum Gasteiger partial charge on any atom is 0.334 e. The third-order valence-corrected chi connectivity index (χ3v) is 12.2. The van der Waals surface area contributed by atoms with Gasteiger partial charge in [0.05, 0.1) is 44.2 Å². The molecule has 252 valence electrons.